The summed E-state index contributed by atoms with van der Waals surface area (Å²) in [5, 5.41) is 0.513. The molecular formula is C11H13ClN2O2S. The van der Waals surface area contributed by atoms with Crippen LogP contribution in [-0.2, 0) is 10.8 Å². The first-order valence-corrected chi connectivity index (χ1v) is 7.14. The number of benzene rings is 1. The summed E-state index contributed by atoms with van der Waals surface area (Å²) < 4.78 is 11.2. The molecule has 92 valence electrons. The molecule has 2 rings (SSSR count). The van der Waals surface area contributed by atoms with Gasteiger partial charge < -0.3 is 10.6 Å². The van der Waals surface area contributed by atoms with Crippen LogP contribution in [0.1, 0.15) is 10.4 Å². The van der Waals surface area contributed by atoms with E-state index in [2.05, 4.69) is 0 Å². The van der Waals surface area contributed by atoms with E-state index in [-0.39, 0.29) is 5.91 Å². The van der Waals surface area contributed by atoms with Gasteiger partial charge in [-0.2, -0.15) is 0 Å². The fraction of sp³-hybridized carbons (Fsp3) is 0.364. The number of anilines is 1. The van der Waals surface area contributed by atoms with Gasteiger partial charge in [0.05, 0.1) is 5.56 Å². The maximum absolute atomic E-state index is 12.1. The minimum absolute atomic E-state index is 0.115. The summed E-state index contributed by atoms with van der Waals surface area (Å²) in [7, 11) is -0.789. The van der Waals surface area contributed by atoms with Crippen molar-refractivity contribution in [2.45, 2.75) is 0 Å². The number of amides is 1. The van der Waals surface area contributed by atoms with Gasteiger partial charge in [-0.05, 0) is 18.2 Å². The molecule has 0 bridgehead atoms. The zero-order chi connectivity index (χ0) is 12.4. The number of nitrogen functional groups attached to an aromatic ring is 1. The van der Waals surface area contributed by atoms with Crippen LogP contribution in [0.25, 0.3) is 0 Å². The highest BCUT2D eigenvalue weighted by molar-refractivity contribution is 7.85. The van der Waals surface area contributed by atoms with Crippen LogP contribution >= 0.6 is 11.6 Å². The van der Waals surface area contributed by atoms with Gasteiger partial charge in [0.2, 0.25) is 0 Å². The summed E-state index contributed by atoms with van der Waals surface area (Å²) >= 11 is 5.78. The van der Waals surface area contributed by atoms with E-state index >= 15 is 0 Å². The normalized spacial score (nSPS) is 17.1. The first kappa shape index (κ1) is 12.4. The standard InChI is InChI=1S/C11H13ClN2O2S/c12-8-1-2-9(10(13)7-8)11(15)14-3-5-17(16)6-4-14/h1-2,7H,3-6,13H2. The lowest BCUT2D eigenvalue weighted by Gasteiger charge is -2.26. The van der Waals surface area contributed by atoms with Crippen molar-refractivity contribution in [3.63, 3.8) is 0 Å². The van der Waals surface area contributed by atoms with Crippen LogP contribution in [0.15, 0.2) is 18.2 Å². The number of hydrogen-bond donors (Lipinski definition) is 1. The first-order valence-electron chi connectivity index (χ1n) is 5.27. The van der Waals surface area contributed by atoms with Crippen molar-refractivity contribution in [3.8, 4) is 0 Å². The van der Waals surface area contributed by atoms with Gasteiger partial charge in [0, 0.05) is 46.1 Å². The summed E-state index contributed by atoms with van der Waals surface area (Å²) in [5.41, 5.74) is 6.61. The molecule has 1 aromatic rings. The Balaban J connectivity index is 2.16. The second kappa shape index (κ2) is 5.06. The average molecular weight is 273 g/mol. The van der Waals surface area contributed by atoms with Crippen LogP contribution in [0.5, 0.6) is 0 Å². The van der Waals surface area contributed by atoms with Gasteiger partial charge >= 0.3 is 0 Å². The number of hydrogen-bond acceptors (Lipinski definition) is 3. The van der Waals surface area contributed by atoms with Crippen molar-refractivity contribution < 1.29 is 9.00 Å². The van der Waals surface area contributed by atoms with Crippen molar-refractivity contribution in [2.24, 2.45) is 0 Å². The largest absolute Gasteiger partial charge is 0.398 e. The molecule has 0 radical (unpaired) electrons. The van der Waals surface area contributed by atoms with Gasteiger partial charge in [-0.1, -0.05) is 11.6 Å². The molecule has 0 atom stereocenters. The van der Waals surface area contributed by atoms with Crippen LogP contribution < -0.4 is 5.73 Å². The Hall–Kier alpha value is -1.07. The predicted octanol–water partition coefficient (Wildman–Crippen LogP) is 1.13. The topological polar surface area (TPSA) is 63.4 Å². The molecule has 4 nitrogen and oxygen atoms in total. The highest BCUT2D eigenvalue weighted by Gasteiger charge is 2.22. The number of carbonyl (C=O) groups is 1. The number of halogens is 1. The SMILES string of the molecule is Nc1cc(Cl)ccc1C(=O)N1CCS(=O)CC1. The van der Waals surface area contributed by atoms with Gasteiger partial charge in [0.1, 0.15) is 0 Å². The molecule has 1 aliphatic rings. The predicted molar refractivity (Wildman–Crippen MR) is 69.6 cm³/mol. The summed E-state index contributed by atoms with van der Waals surface area (Å²) in [4.78, 5) is 13.8. The quantitative estimate of drug-likeness (QED) is 0.780. The third kappa shape index (κ3) is 2.79. The van der Waals surface area contributed by atoms with E-state index in [0.29, 0.717) is 40.9 Å². The molecule has 2 N–H and O–H groups in total. The molecule has 0 spiro atoms. The molecule has 1 fully saturated rings. The summed E-state index contributed by atoms with van der Waals surface area (Å²) in [6, 6.07) is 4.84. The summed E-state index contributed by atoms with van der Waals surface area (Å²) in [6.07, 6.45) is 0. The number of carbonyl (C=O) groups excluding carboxylic acids is 1. The Kier molecular flexibility index (Phi) is 3.69. The van der Waals surface area contributed by atoms with Crippen molar-refractivity contribution in [1.82, 2.24) is 4.90 Å². The van der Waals surface area contributed by atoms with Crippen molar-refractivity contribution in [2.75, 3.05) is 30.3 Å². The molecule has 1 amide bonds. The van der Waals surface area contributed by atoms with E-state index in [1.54, 1.807) is 23.1 Å². The zero-order valence-electron chi connectivity index (χ0n) is 9.19. The first-order chi connectivity index (χ1) is 8.08. The van der Waals surface area contributed by atoms with Crippen LogP contribution in [0, 0.1) is 0 Å². The summed E-state index contributed by atoms with van der Waals surface area (Å²) in [5.74, 6) is 0.967. The molecule has 1 heterocycles. The van der Waals surface area contributed by atoms with E-state index in [9.17, 15) is 9.00 Å². The van der Waals surface area contributed by atoms with Crippen molar-refractivity contribution >= 4 is 34.0 Å². The molecule has 0 unspecified atom stereocenters. The van der Waals surface area contributed by atoms with Crippen LogP contribution in [-0.4, -0.2) is 39.6 Å². The third-order valence-electron chi connectivity index (χ3n) is 2.71. The lowest BCUT2D eigenvalue weighted by atomic mass is 10.1. The molecular weight excluding hydrogens is 260 g/mol. The molecule has 0 aliphatic carbocycles. The Bertz CT molecular complexity index is 469. The molecule has 0 aromatic heterocycles. The highest BCUT2D eigenvalue weighted by atomic mass is 35.5. The molecule has 1 aliphatic heterocycles. The number of nitrogens with zero attached hydrogens (tertiary/aromatic N) is 1. The lowest BCUT2D eigenvalue weighted by molar-refractivity contribution is 0.0772. The van der Waals surface area contributed by atoms with Gasteiger partial charge in [0.15, 0.2) is 0 Å². The molecule has 0 saturated carbocycles. The average Bonchev–Trinajstić information content (AvgIpc) is 2.29. The van der Waals surface area contributed by atoms with Crippen LogP contribution in [0.2, 0.25) is 5.02 Å². The van der Waals surface area contributed by atoms with Gasteiger partial charge in [-0.3, -0.25) is 9.00 Å². The van der Waals surface area contributed by atoms with Crippen LogP contribution in [0.3, 0.4) is 0 Å². The highest BCUT2D eigenvalue weighted by Crippen LogP contribution is 2.20. The van der Waals surface area contributed by atoms with Crippen molar-refractivity contribution in [3.05, 3.63) is 28.8 Å². The minimum Gasteiger partial charge on any atom is -0.398 e. The molecule has 1 saturated heterocycles. The second-order valence-corrected chi connectivity index (χ2v) is 6.00. The van der Waals surface area contributed by atoms with Gasteiger partial charge in [0.25, 0.3) is 5.91 Å². The lowest BCUT2D eigenvalue weighted by Crippen LogP contribution is -2.42. The smallest absolute Gasteiger partial charge is 0.256 e. The fourth-order valence-electron chi connectivity index (χ4n) is 1.74. The fourth-order valence-corrected chi connectivity index (χ4v) is 2.97. The Morgan fingerprint density at radius 2 is 2.00 bits per heavy atom. The van der Waals surface area contributed by atoms with Crippen LogP contribution in [0.4, 0.5) is 5.69 Å². The van der Waals surface area contributed by atoms with E-state index < -0.39 is 10.8 Å². The van der Waals surface area contributed by atoms with E-state index in [1.807, 2.05) is 0 Å². The zero-order valence-corrected chi connectivity index (χ0v) is 10.8. The number of rotatable bonds is 1. The maximum atomic E-state index is 12.1. The number of nitrogens with two attached hydrogens (primary N) is 1. The Morgan fingerprint density at radius 3 is 2.59 bits per heavy atom. The molecule has 6 heteroatoms. The Labute approximate surface area is 107 Å². The van der Waals surface area contributed by atoms with Gasteiger partial charge in [-0.15, -0.1) is 0 Å². The third-order valence-corrected chi connectivity index (χ3v) is 4.22. The second-order valence-electron chi connectivity index (χ2n) is 3.87. The minimum atomic E-state index is -0.789. The molecule has 17 heavy (non-hydrogen) atoms. The van der Waals surface area contributed by atoms with Gasteiger partial charge in [-0.25, -0.2) is 0 Å². The Morgan fingerprint density at radius 1 is 1.35 bits per heavy atom. The van der Waals surface area contributed by atoms with E-state index in [4.69, 9.17) is 17.3 Å². The van der Waals surface area contributed by atoms with Crippen molar-refractivity contribution in [1.29, 1.82) is 0 Å². The summed E-state index contributed by atoms with van der Waals surface area (Å²) in [6.45, 7) is 1.04. The van der Waals surface area contributed by atoms with E-state index in [0.717, 1.165) is 0 Å². The molecule has 1 aromatic carbocycles. The maximum Gasteiger partial charge on any atom is 0.256 e. The van der Waals surface area contributed by atoms with E-state index in [1.165, 1.54) is 0 Å². The monoisotopic (exact) mass is 272 g/mol.